The van der Waals surface area contributed by atoms with E-state index in [4.69, 9.17) is 4.74 Å². The Morgan fingerprint density at radius 3 is 2.32 bits per heavy atom. The molecule has 1 aliphatic heterocycles. The number of hydrogen-bond donors (Lipinski definition) is 1. The van der Waals surface area contributed by atoms with Crippen LogP contribution in [0.1, 0.15) is 48.2 Å². The molecule has 0 spiro atoms. The van der Waals surface area contributed by atoms with Crippen LogP contribution in [0.3, 0.4) is 0 Å². The van der Waals surface area contributed by atoms with E-state index in [1.165, 1.54) is 5.56 Å². The maximum atomic E-state index is 12.7. The van der Waals surface area contributed by atoms with Gasteiger partial charge in [-0.1, -0.05) is 37.3 Å². The number of likely N-dealkylation sites (tertiary alicyclic amines) is 1. The van der Waals surface area contributed by atoms with Crippen LogP contribution in [0.25, 0.3) is 0 Å². The number of rotatable bonds is 6. The summed E-state index contributed by atoms with van der Waals surface area (Å²) in [5.74, 6) is -1.05. The average Bonchev–Trinajstić information content (AvgIpc) is 2.79. The third-order valence-electron chi connectivity index (χ3n) is 5.78. The van der Waals surface area contributed by atoms with Gasteiger partial charge in [-0.3, -0.25) is 14.4 Å². The predicted molar refractivity (Wildman–Crippen MR) is 120 cm³/mol. The molecule has 0 saturated carbocycles. The summed E-state index contributed by atoms with van der Waals surface area (Å²) in [6.45, 7) is 6.55. The summed E-state index contributed by atoms with van der Waals surface area (Å²) in [5.41, 5.74) is 3.50. The lowest BCUT2D eigenvalue weighted by molar-refractivity contribution is -0.158. The van der Waals surface area contributed by atoms with Crippen LogP contribution in [0.15, 0.2) is 48.5 Å². The Kier molecular flexibility index (Phi) is 7.45. The molecule has 1 heterocycles. The Bertz CT molecular complexity index is 931. The summed E-state index contributed by atoms with van der Waals surface area (Å²) in [4.78, 5) is 39.4. The van der Waals surface area contributed by atoms with E-state index in [2.05, 4.69) is 12.2 Å². The molecule has 2 aromatic rings. The van der Waals surface area contributed by atoms with Crippen LogP contribution in [0.5, 0.6) is 0 Å². The van der Waals surface area contributed by atoms with Crippen molar-refractivity contribution in [3.05, 3.63) is 65.2 Å². The van der Waals surface area contributed by atoms with Gasteiger partial charge in [-0.25, -0.2) is 0 Å². The summed E-state index contributed by atoms with van der Waals surface area (Å²) < 4.78 is 5.41. The average molecular weight is 423 g/mol. The van der Waals surface area contributed by atoms with E-state index in [0.29, 0.717) is 37.2 Å². The maximum Gasteiger partial charge on any atom is 0.309 e. The van der Waals surface area contributed by atoms with E-state index in [1.807, 2.05) is 55.5 Å². The Hall–Kier alpha value is -3.15. The molecule has 3 rings (SSSR count). The molecule has 1 saturated heterocycles. The number of carbonyl (C=O) groups excluding carboxylic acids is 3. The van der Waals surface area contributed by atoms with Crippen molar-refractivity contribution in [3.63, 3.8) is 0 Å². The third-order valence-corrected chi connectivity index (χ3v) is 5.78. The van der Waals surface area contributed by atoms with Crippen molar-refractivity contribution >= 4 is 23.5 Å². The first-order valence-electron chi connectivity index (χ1n) is 10.8. The van der Waals surface area contributed by atoms with Crippen LogP contribution >= 0.6 is 0 Å². The molecule has 6 nitrogen and oxygen atoms in total. The van der Waals surface area contributed by atoms with Crippen molar-refractivity contribution < 1.29 is 19.1 Å². The zero-order valence-electron chi connectivity index (χ0n) is 18.4. The number of anilines is 1. The van der Waals surface area contributed by atoms with E-state index in [-0.39, 0.29) is 23.7 Å². The lowest BCUT2D eigenvalue weighted by atomic mass is 9.96. The fraction of sp³-hybridized carbons (Fsp3) is 0.400. The van der Waals surface area contributed by atoms with Gasteiger partial charge in [-0.2, -0.15) is 0 Å². The summed E-state index contributed by atoms with van der Waals surface area (Å²) in [6.07, 6.45) is 1.11. The highest BCUT2D eigenvalue weighted by molar-refractivity contribution is 5.96. The van der Waals surface area contributed by atoms with Crippen molar-refractivity contribution in [1.29, 1.82) is 0 Å². The number of piperidine rings is 1. The Labute approximate surface area is 183 Å². The summed E-state index contributed by atoms with van der Waals surface area (Å²) in [5, 5.41) is 2.78. The van der Waals surface area contributed by atoms with Gasteiger partial charge in [0, 0.05) is 24.3 Å². The molecule has 2 aromatic carbocycles. The molecule has 1 N–H and O–H groups in total. The van der Waals surface area contributed by atoms with Gasteiger partial charge in [0.1, 0.15) is 0 Å². The minimum Gasteiger partial charge on any atom is -0.452 e. The van der Waals surface area contributed by atoms with Crippen molar-refractivity contribution in [2.45, 2.75) is 46.1 Å². The molecule has 0 aromatic heterocycles. The van der Waals surface area contributed by atoms with Crippen LogP contribution in [0, 0.1) is 12.8 Å². The van der Waals surface area contributed by atoms with Gasteiger partial charge >= 0.3 is 5.97 Å². The molecule has 0 aliphatic carbocycles. The number of hydrogen-bond acceptors (Lipinski definition) is 4. The van der Waals surface area contributed by atoms with Crippen molar-refractivity contribution in [3.8, 4) is 0 Å². The van der Waals surface area contributed by atoms with Gasteiger partial charge < -0.3 is 15.0 Å². The topological polar surface area (TPSA) is 75.7 Å². The number of amides is 2. The fourth-order valence-corrected chi connectivity index (χ4v) is 3.69. The zero-order valence-corrected chi connectivity index (χ0v) is 18.4. The number of benzene rings is 2. The lowest BCUT2D eigenvalue weighted by Crippen LogP contribution is -2.42. The molecule has 1 fully saturated rings. The van der Waals surface area contributed by atoms with E-state index in [1.54, 1.807) is 11.8 Å². The molecule has 6 heteroatoms. The third kappa shape index (κ3) is 5.72. The van der Waals surface area contributed by atoms with Crippen molar-refractivity contribution in [2.75, 3.05) is 18.4 Å². The van der Waals surface area contributed by atoms with Gasteiger partial charge in [-0.15, -0.1) is 0 Å². The molecule has 1 aliphatic rings. The largest absolute Gasteiger partial charge is 0.452 e. The molecular formula is C25H30N2O4. The van der Waals surface area contributed by atoms with Gasteiger partial charge in [0.25, 0.3) is 11.8 Å². The van der Waals surface area contributed by atoms with Gasteiger partial charge in [0.15, 0.2) is 6.10 Å². The lowest BCUT2D eigenvalue weighted by Gasteiger charge is -2.31. The van der Waals surface area contributed by atoms with Crippen molar-refractivity contribution in [1.82, 2.24) is 4.90 Å². The Morgan fingerprint density at radius 1 is 1.06 bits per heavy atom. The highest BCUT2D eigenvalue weighted by Crippen LogP contribution is 2.22. The van der Waals surface area contributed by atoms with Gasteiger partial charge in [-0.05, 0) is 62.4 Å². The second kappa shape index (κ2) is 10.2. The molecule has 0 unspecified atom stereocenters. The van der Waals surface area contributed by atoms with Crippen molar-refractivity contribution in [2.24, 2.45) is 5.92 Å². The molecule has 164 valence electrons. The summed E-state index contributed by atoms with van der Waals surface area (Å²) in [6, 6.07) is 15.1. The molecular weight excluding hydrogens is 392 g/mol. The highest BCUT2D eigenvalue weighted by atomic mass is 16.5. The molecule has 31 heavy (non-hydrogen) atoms. The van der Waals surface area contributed by atoms with Gasteiger partial charge in [0.2, 0.25) is 0 Å². The minimum atomic E-state index is -0.884. The molecule has 0 radical (unpaired) electrons. The Morgan fingerprint density at radius 2 is 1.71 bits per heavy atom. The van der Waals surface area contributed by atoms with Crippen LogP contribution in [0.4, 0.5) is 5.69 Å². The molecule has 1 atom stereocenters. The van der Waals surface area contributed by atoms with Crippen LogP contribution in [0.2, 0.25) is 0 Å². The zero-order chi connectivity index (χ0) is 22.4. The van der Waals surface area contributed by atoms with E-state index in [9.17, 15) is 14.4 Å². The van der Waals surface area contributed by atoms with E-state index < -0.39 is 6.10 Å². The van der Waals surface area contributed by atoms with Crippen LogP contribution in [-0.2, 0) is 20.7 Å². The van der Waals surface area contributed by atoms with E-state index >= 15 is 0 Å². The first-order valence-corrected chi connectivity index (χ1v) is 10.8. The fourth-order valence-electron chi connectivity index (χ4n) is 3.69. The number of ether oxygens (including phenoxy) is 1. The van der Waals surface area contributed by atoms with E-state index in [0.717, 1.165) is 12.0 Å². The molecule has 2 amide bonds. The smallest absolute Gasteiger partial charge is 0.309 e. The highest BCUT2D eigenvalue weighted by Gasteiger charge is 2.31. The minimum absolute atomic E-state index is 0.00763. The molecule has 0 bridgehead atoms. The SMILES string of the molecule is CCc1ccc(NC(=O)[C@H](C)OC(=O)C2CCN(C(=O)c3ccccc3C)CC2)cc1. The van der Waals surface area contributed by atoms with Crippen LogP contribution < -0.4 is 5.32 Å². The Balaban J connectivity index is 1.48. The number of carbonyl (C=O) groups is 3. The first-order chi connectivity index (χ1) is 14.9. The summed E-state index contributed by atoms with van der Waals surface area (Å²) >= 11 is 0. The normalized spacial score (nSPS) is 15.3. The second-order valence-electron chi connectivity index (χ2n) is 8.00. The number of nitrogens with one attached hydrogen (secondary N) is 1. The number of esters is 1. The standard InChI is InChI=1S/C25H30N2O4/c1-4-19-9-11-21(12-10-19)26-23(28)18(3)31-25(30)20-13-15-27(16-14-20)24(29)22-8-6-5-7-17(22)2/h5-12,18,20H,4,13-16H2,1-3H3,(H,26,28)/t18-/m0/s1. The quantitative estimate of drug-likeness (QED) is 0.715. The van der Waals surface area contributed by atoms with Crippen LogP contribution in [-0.4, -0.2) is 41.9 Å². The summed E-state index contributed by atoms with van der Waals surface area (Å²) in [7, 11) is 0. The second-order valence-corrected chi connectivity index (χ2v) is 8.00. The monoisotopic (exact) mass is 422 g/mol. The first kappa shape index (κ1) is 22.5. The number of nitrogens with zero attached hydrogens (tertiary/aromatic N) is 1. The number of aryl methyl sites for hydroxylation is 2. The van der Waals surface area contributed by atoms with Gasteiger partial charge in [0.05, 0.1) is 5.92 Å². The predicted octanol–water partition coefficient (Wildman–Crippen LogP) is 3.98. The maximum absolute atomic E-state index is 12.7.